The summed E-state index contributed by atoms with van der Waals surface area (Å²) in [5, 5.41) is 4.43. The maximum atomic E-state index is 6.16. The van der Waals surface area contributed by atoms with Gasteiger partial charge in [-0.15, -0.1) is 0 Å². The first-order valence-corrected chi connectivity index (χ1v) is 7.20. The Kier molecular flexibility index (Phi) is 7.33. The first kappa shape index (κ1) is 15.5. The fourth-order valence-corrected chi connectivity index (χ4v) is 2.23. The molecule has 0 unspecified atom stereocenters. The Hall–Kier alpha value is -0.570. The summed E-state index contributed by atoms with van der Waals surface area (Å²) in [6.07, 6.45) is 2.40. The van der Waals surface area contributed by atoms with E-state index < -0.39 is 0 Å². The van der Waals surface area contributed by atoms with E-state index in [0.717, 1.165) is 24.7 Å². The Morgan fingerprint density at radius 2 is 1.89 bits per heavy atom. The van der Waals surface area contributed by atoms with Gasteiger partial charge in [-0.3, -0.25) is 0 Å². The molecule has 0 heterocycles. The maximum Gasteiger partial charge on any atom is 0.0451 e. The molecule has 0 bridgehead atoms. The molecule has 0 radical (unpaired) electrons. The molecule has 3 heteroatoms. The Labute approximate surface area is 116 Å². The van der Waals surface area contributed by atoms with E-state index in [1.54, 1.807) is 0 Å². The average molecular weight is 269 g/mol. The van der Waals surface area contributed by atoms with E-state index in [4.69, 9.17) is 11.6 Å². The monoisotopic (exact) mass is 268 g/mol. The molecule has 0 aliphatic rings. The van der Waals surface area contributed by atoms with Crippen LogP contribution in [0.1, 0.15) is 32.3 Å². The Morgan fingerprint density at radius 1 is 1.22 bits per heavy atom. The molecule has 0 spiro atoms. The zero-order valence-electron chi connectivity index (χ0n) is 11.7. The largest absolute Gasteiger partial charge is 0.313 e. The number of hydrogen-bond donors (Lipinski definition) is 1. The first-order valence-electron chi connectivity index (χ1n) is 6.82. The number of hydrogen-bond acceptors (Lipinski definition) is 2. The van der Waals surface area contributed by atoms with Gasteiger partial charge in [0.25, 0.3) is 0 Å². The standard InChI is InChI=1S/C15H25ClN2/c1-4-14(5-2)17-10-11-18(3)12-13-8-6-7-9-15(13)16/h6-9,14,17H,4-5,10-12H2,1-3H3. The van der Waals surface area contributed by atoms with Crippen LogP contribution in [-0.2, 0) is 6.54 Å². The van der Waals surface area contributed by atoms with Crippen molar-refractivity contribution in [3.05, 3.63) is 34.9 Å². The highest BCUT2D eigenvalue weighted by Crippen LogP contribution is 2.16. The summed E-state index contributed by atoms with van der Waals surface area (Å²) in [6, 6.07) is 8.71. The summed E-state index contributed by atoms with van der Waals surface area (Å²) in [7, 11) is 2.14. The van der Waals surface area contributed by atoms with Crippen molar-refractivity contribution in [1.29, 1.82) is 0 Å². The van der Waals surface area contributed by atoms with Crippen LogP contribution < -0.4 is 5.32 Å². The summed E-state index contributed by atoms with van der Waals surface area (Å²) in [4.78, 5) is 2.30. The van der Waals surface area contributed by atoms with E-state index in [-0.39, 0.29) is 0 Å². The highest BCUT2D eigenvalue weighted by molar-refractivity contribution is 6.31. The van der Waals surface area contributed by atoms with Gasteiger partial charge in [0, 0.05) is 30.7 Å². The molecule has 0 amide bonds. The minimum atomic E-state index is 0.652. The number of likely N-dealkylation sites (N-methyl/N-ethyl adjacent to an activating group) is 1. The molecular formula is C15H25ClN2. The molecule has 0 fully saturated rings. The van der Waals surface area contributed by atoms with Crippen molar-refractivity contribution >= 4 is 11.6 Å². The fraction of sp³-hybridized carbons (Fsp3) is 0.600. The SMILES string of the molecule is CCC(CC)NCCN(C)Cc1ccccc1Cl. The van der Waals surface area contributed by atoms with Gasteiger partial charge >= 0.3 is 0 Å². The summed E-state index contributed by atoms with van der Waals surface area (Å²) >= 11 is 6.16. The lowest BCUT2D eigenvalue weighted by molar-refractivity contribution is 0.314. The van der Waals surface area contributed by atoms with Crippen molar-refractivity contribution in [1.82, 2.24) is 10.2 Å². The lowest BCUT2D eigenvalue weighted by Gasteiger charge is -2.20. The van der Waals surface area contributed by atoms with Crippen LogP contribution in [0, 0.1) is 0 Å². The van der Waals surface area contributed by atoms with Crippen LogP contribution in [0.4, 0.5) is 0 Å². The molecule has 1 N–H and O–H groups in total. The summed E-state index contributed by atoms with van der Waals surface area (Å²) < 4.78 is 0. The van der Waals surface area contributed by atoms with E-state index in [2.05, 4.69) is 37.2 Å². The predicted molar refractivity (Wildman–Crippen MR) is 80.2 cm³/mol. The normalized spacial score (nSPS) is 11.4. The number of benzene rings is 1. The van der Waals surface area contributed by atoms with E-state index >= 15 is 0 Å². The Morgan fingerprint density at radius 3 is 2.50 bits per heavy atom. The summed E-state index contributed by atoms with van der Waals surface area (Å²) in [6.45, 7) is 7.45. The number of rotatable bonds is 8. The predicted octanol–water partition coefficient (Wildman–Crippen LogP) is 3.55. The third-order valence-electron chi connectivity index (χ3n) is 3.31. The van der Waals surface area contributed by atoms with E-state index in [1.807, 2.05) is 18.2 Å². The van der Waals surface area contributed by atoms with Gasteiger partial charge in [-0.05, 0) is 31.5 Å². The number of nitrogens with one attached hydrogen (secondary N) is 1. The van der Waals surface area contributed by atoms with Gasteiger partial charge in [0.2, 0.25) is 0 Å². The highest BCUT2D eigenvalue weighted by Gasteiger charge is 2.05. The van der Waals surface area contributed by atoms with Crippen molar-refractivity contribution in [2.75, 3.05) is 20.1 Å². The molecule has 0 atom stereocenters. The molecule has 1 rings (SSSR count). The topological polar surface area (TPSA) is 15.3 Å². The van der Waals surface area contributed by atoms with E-state index in [0.29, 0.717) is 6.04 Å². The lowest BCUT2D eigenvalue weighted by atomic mass is 10.2. The molecular weight excluding hydrogens is 244 g/mol. The van der Waals surface area contributed by atoms with Crippen LogP contribution in [0.25, 0.3) is 0 Å². The second kappa shape index (κ2) is 8.52. The van der Waals surface area contributed by atoms with E-state index in [1.165, 1.54) is 18.4 Å². The number of nitrogens with zero attached hydrogens (tertiary/aromatic N) is 1. The lowest BCUT2D eigenvalue weighted by Crippen LogP contribution is -2.35. The van der Waals surface area contributed by atoms with Crippen LogP contribution in [0.5, 0.6) is 0 Å². The third-order valence-corrected chi connectivity index (χ3v) is 3.68. The average Bonchev–Trinajstić information content (AvgIpc) is 2.37. The van der Waals surface area contributed by atoms with Crippen molar-refractivity contribution in [2.45, 2.75) is 39.3 Å². The molecule has 2 nitrogen and oxygen atoms in total. The highest BCUT2D eigenvalue weighted by atomic mass is 35.5. The molecule has 0 saturated carbocycles. The maximum absolute atomic E-state index is 6.16. The van der Waals surface area contributed by atoms with Gasteiger partial charge in [0.05, 0.1) is 0 Å². The molecule has 102 valence electrons. The molecule has 0 saturated heterocycles. The molecule has 0 aromatic heterocycles. The first-order chi connectivity index (χ1) is 8.67. The van der Waals surface area contributed by atoms with Crippen LogP contribution in [0.15, 0.2) is 24.3 Å². The van der Waals surface area contributed by atoms with Crippen LogP contribution in [0.3, 0.4) is 0 Å². The van der Waals surface area contributed by atoms with Crippen LogP contribution in [-0.4, -0.2) is 31.1 Å². The van der Waals surface area contributed by atoms with Gasteiger partial charge in [-0.1, -0.05) is 43.6 Å². The minimum absolute atomic E-state index is 0.652. The second-order valence-electron chi connectivity index (χ2n) is 4.80. The Balaban J connectivity index is 2.30. The van der Waals surface area contributed by atoms with Crippen molar-refractivity contribution in [3.8, 4) is 0 Å². The molecule has 0 aliphatic carbocycles. The summed E-state index contributed by atoms with van der Waals surface area (Å²) in [5.74, 6) is 0. The molecule has 18 heavy (non-hydrogen) atoms. The molecule has 0 aliphatic heterocycles. The quantitative estimate of drug-likeness (QED) is 0.776. The van der Waals surface area contributed by atoms with Crippen LogP contribution >= 0.6 is 11.6 Å². The van der Waals surface area contributed by atoms with Crippen molar-refractivity contribution in [3.63, 3.8) is 0 Å². The zero-order valence-corrected chi connectivity index (χ0v) is 12.5. The van der Waals surface area contributed by atoms with Gasteiger partial charge in [0.1, 0.15) is 0 Å². The zero-order chi connectivity index (χ0) is 13.4. The van der Waals surface area contributed by atoms with Gasteiger partial charge in [-0.25, -0.2) is 0 Å². The Bertz CT molecular complexity index is 337. The molecule has 1 aromatic carbocycles. The van der Waals surface area contributed by atoms with Gasteiger partial charge < -0.3 is 10.2 Å². The summed E-state index contributed by atoms with van der Waals surface area (Å²) in [5.41, 5.74) is 1.20. The number of halogens is 1. The van der Waals surface area contributed by atoms with Gasteiger partial charge in [0.15, 0.2) is 0 Å². The van der Waals surface area contributed by atoms with Crippen LogP contribution in [0.2, 0.25) is 5.02 Å². The van der Waals surface area contributed by atoms with Crippen molar-refractivity contribution in [2.24, 2.45) is 0 Å². The van der Waals surface area contributed by atoms with Crippen molar-refractivity contribution < 1.29 is 0 Å². The third kappa shape index (κ3) is 5.38. The smallest absolute Gasteiger partial charge is 0.0451 e. The minimum Gasteiger partial charge on any atom is -0.313 e. The van der Waals surface area contributed by atoms with E-state index in [9.17, 15) is 0 Å². The van der Waals surface area contributed by atoms with Gasteiger partial charge in [-0.2, -0.15) is 0 Å². The fourth-order valence-electron chi connectivity index (χ4n) is 2.03. The second-order valence-corrected chi connectivity index (χ2v) is 5.20. The molecule has 1 aromatic rings.